The molecule has 0 spiro atoms. The Hall–Kier alpha value is -3.66. The minimum Gasteiger partial charge on any atom is -0.331 e. The van der Waals surface area contributed by atoms with E-state index in [0.717, 1.165) is 22.5 Å². The molecule has 30 heavy (non-hydrogen) atoms. The van der Waals surface area contributed by atoms with E-state index in [1.807, 2.05) is 53.2 Å². The van der Waals surface area contributed by atoms with Crippen molar-refractivity contribution in [3.8, 4) is 0 Å². The summed E-state index contributed by atoms with van der Waals surface area (Å²) >= 11 is 5.92. The monoisotopic (exact) mass is 422 g/mol. The van der Waals surface area contributed by atoms with E-state index in [0.29, 0.717) is 18.1 Å². The highest BCUT2D eigenvalue weighted by Gasteiger charge is 2.19. The second kappa shape index (κ2) is 7.64. The normalized spacial score (nSPS) is 15.9. The van der Waals surface area contributed by atoms with E-state index in [2.05, 4.69) is 30.8 Å². The van der Waals surface area contributed by atoms with Gasteiger partial charge in [-0.1, -0.05) is 16.8 Å². The maximum atomic E-state index is 5.92. The van der Waals surface area contributed by atoms with Gasteiger partial charge in [0.15, 0.2) is 0 Å². The van der Waals surface area contributed by atoms with Crippen molar-refractivity contribution >= 4 is 40.4 Å². The van der Waals surface area contributed by atoms with Crippen LogP contribution in [-0.4, -0.2) is 47.1 Å². The van der Waals surface area contributed by atoms with Gasteiger partial charge in [0.1, 0.15) is 11.3 Å². The first-order valence-corrected chi connectivity index (χ1v) is 9.79. The van der Waals surface area contributed by atoms with E-state index in [1.165, 1.54) is 0 Å². The molecular formula is C19H19ClN10. The molecule has 0 aliphatic carbocycles. The number of benzene rings is 1. The molecule has 0 radical (unpaired) electrons. The van der Waals surface area contributed by atoms with Crippen LogP contribution in [-0.2, 0) is 20.1 Å². The summed E-state index contributed by atoms with van der Waals surface area (Å²) in [6, 6.07) is 7.98. The number of aliphatic imine (C=N–C) groups is 1. The third kappa shape index (κ3) is 3.52. The molecule has 0 saturated carbocycles. The molecule has 1 N–H and O–H groups in total. The second-order valence-corrected chi connectivity index (χ2v) is 7.25. The Labute approximate surface area is 177 Å². The number of hydrogen-bond acceptors (Lipinski definition) is 7. The molecule has 0 bridgehead atoms. The Morgan fingerprint density at radius 1 is 1.17 bits per heavy atom. The van der Waals surface area contributed by atoms with Crippen LogP contribution in [0.4, 0.5) is 11.5 Å². The smallest absolute Gasteiger partial charge is 0.201 e. The van der Waals surface area contributed by atoms with E-state index in [-0.39, 0.29) is 6.29 Å². The van der Waals surface area contributed by atoms with E-state index in [1.54, 1.807) is 34.2 Å². The fraction of sp³-hybridized carbons (Fsp3) is 0.211. The van der Waals surface area contributed by atoms with Crippen LogP contribution in [0, 0.1) is 0 Å². The molecular weight excluding hydrogens is 404 g/mol. The maximum Gasteiger partial charge on any atom is 0.201 e. The fourth-order valence-corrected chi connectivity index (χ4v) is 3.50. The van der Waals surface area contributed by atoms with Crippen LogP contribution in [0.5, 0.6) is 0 Å². The van der Waals surface area contributed by atoms with Crippen LogP contribution in [0.1, 0.15) is 0 Å². The van der Waals surface area contributed by atoms with Gasteiger partial charge in [-0.3, -0.25) is 9.36 Å². The molecule has 0 fully saturated rings. The predicted molar refractivity (Wildman–Crippen MR) is 115 cm³/mol. The van der Waals surface area contributed by atoms with Gasteiger partial charge in [0, 0.05) is 37.4 Å². The number of rotatable bonds is 6. The maximum absolute atomic E-state index is 5.92. The lowest BCUT2D eigenvalue weighted by Crippen LogP contribution is -2.38. The molecule has 0 amide bonds. The number of allylic oxidation sites excluding steroid dienone is 1. The number of nitrogens with one attached hydrogen (secondary N) is 1. The molecule has 152 valence electrons. The molecule has 1 atom stereocenters. The third-order valence-electron chi connectivity index (χ3n) is 4.86. The van der Waals surface area contributed by atoms with Crippen molar-refractivity contribution < 1.29 is 0 Å². The quantitative estimate of drug-likeness (QED) is 0.513. The van der Waals surface area contributed by atoms with Crippen LogP contribution in [0.2, 0.25) is 5.02 Å². The molecule has 4 aromatic rings. The molecule has 5 rings (SSSR count). The topological polar surface area (TPSA) is 94.0 Å². The minimum absolute atomic E-state index is 0.289. The third-order valence-corrected chi connectivity index (χ3v) is 5.05. The molecule has 10 nitrogen and oxygen atoms in total. The lowest BCUT2D eigenvalue weighted by molar-refractivity contribution is 0.499. The van der Waals surface area contributed by atoms with Crippen molar-refractivity contribution in [1.29, 1.82) is 0 Å². The molecule has 1 unspecified atom stereocenters. The number of hydrogen-bond donors (Lipinski definition) is 1. The van der Waals surface area contributed by atoms with E-state index < -0.39 is 0 Å². The first kappa shape index (κ1) is 18.4. The van der Waals surface area contributed by atoms with Crippen LogP contribution < -0.4 is 10.2 Å². The van der Waals surface area contributed by atoms with Crippen LogP contribution in [0.3, 0.4) is 0 Å². The second-order valence-electron chi connectivity index (χ2n) is 6.81. The van der Waals surface area contributed by atoms with Crippen molar-refractivity contribution in [3.63, 3.8) is 0 Å². The number of halogens is 1. The predicted octanol–water partition coefficient (Wildman–Crippen LogP) is 2.52. The number of aromatic nitrogens is 7. The highest BCUT2D eigenvalue weighted by Crippen LogP contribution is 2.25. The zero-order valence-electron chi connectivity index (χ0n) is 16.2. The van der Waals surface area contributed by atoms with E-state index >= 15 is 0 Å². The summed E-state index contributed by atoms with van der Waals surface area (Å²) in [7, 11) is 1.89. The summed E-state index contributed by atoms with van der Waals surface area (Å²) in [5, 5.41) is 21.0. The van der Waals surface area contributed by atoms with E-state index in [4.69, 9.17) is 11.6 Å². The molecule has 3 aromatic heterocycles. The summed E-state index contributed by atoms with van der Waals surface area (Å²) in [5.74, 6) is 0.878. The number of anilines is 2. The SMILES string of the molecule is Cn1nccc1NC1N=CC=CN1c1ccc2c(c1)nnn2CCn1cc(Cl)cn1. The minimum atomic E-state index is -0.289. The summed E-state index contributed by atoms with van der Waals surface area (Å²) in [6.07, 6.45) is 10.5. The van der Waals surface area contributed by atoms with Crippen LogP contribution in [0.15, 0.2) is 60.1 Å². The van der Waals surface area contributed by atoms with Crippen LogP contribution >= 0.6 is 11.6 Å². The van der Waals surface area contributed by atoms with Gasteiger partial charge < -0.3 is 10.2 Å². The molecule has 4 heterocycles. The first-order chi connectivity index (χ1) is 14.7. The van der Waals surface area contributed by atoms with Gasteiger partial charge in [0.25, 0.3) is 0 Å². The van der Waals surface area contributed by atoms with Crippen LogP contribution in [0.25, 0.3) is 11.0 Å². The van der Waals surface area contributed by atoms with Crippen molar-refractivity contribution in [2.24, 2.45) is 12.0 Å². The van der Waals surface area contributed by atoms with Gasteiger partial charge in [-0.05, 0) is 24.3 Å². The average molecular weight is 423 g/mol. The number of nitrogens with zero attached hydrogens (tertiary/aromatic N) is 9. The van der Waals surface area contributed by atoms with Crippen molar-refractivity contribution in [2.75, 3.05) is 10.2 Å². The van der Waals surface area contributed by atoms with Crippen molar-refractivity contribution in [1.82, 2.24) is 34.6 Å². The summed E-state index contributed by atoms with van der Waals surface area (Å²) in [5.41, 5.74) is 2.73. The molecule has 1 aliphatic heterocycles. The number of fused-ring (bicyclic) bond motifs is 1. The summed E-state index contributed by atoms with van der Waals surface area (Å²) < 4.78 is 5.42. The Kier molecular flexibility index (Phi) is 4.68. The molecule has 1 aliphatic rings. The van der Waals surface area contributed by atoms with Gasteiger partial charge in [-0.15, -0.1) is 5.10 Å². The highest BCUT2D eigenvalue weighted by atomic mass is 35.5. The lowest BCUT2D eigenvalue weighted by Gasteiger charge is -2.30. The van der Waals surface area contributed by atoms with Gasteiger partial charge in [0.2, 0.25) is 6.29 Å². The summed E-state index contributed by atoms with van der Waals surface area (Å²) in [4.78, 5) is 6.59. The standard InChI is InChI=1S/C19H19ClN10/c1-27-18(5-7-22-27)24-19-21-6-2-8-29(19)15-3-4-17-16(11-15)25-26-30(17)10-9-28-13-14(20)12-23-28/h2-8,11-13,19,24H,9-10H2,1H3. The Balaban J connectivity index is 1.37. The van der Waals surface area contributed by atoms with Gasteiger partial charge >= 0.3 is 0 Å². The first-order valence-electron chi connectivity index (χ1n) is 9.41. The van der Waals surface area contributed by atoms with Gasteiger partial charge in [-0.25, -0.2) is 9.67 Å². The fourth-order valence-electron chi connectivity index (χ4n) is 3.34. The zero-order chi connectivity index (χ0) is 20.5. The zero-order valence-corrected chi connectivity index (χ0v) is 16.9. The van der Waals surface area contributed by atoms with Crippen molar-refractivity contribution in [3.05, 3.63) is 60.2 Å². The molecule has 11 heteroatoms. The van der Waals surface area contributed by atoms with Gasteiger partial charge in [-0.2, -0.15) is 10.2 Å². The van der Waals surface area contributed by atoms with E-state index in [9.17, 15) is 0 Å². The average Bonchev–Trinajstić information content (AvgIpc) is 3.47. The Morgan fingerprint density at radius 2 is 2.10 bits per heavy atom. The Morgan fingerprint density at radius 3 is 2.90 bits per heavy atom. The largest absolute Gasteiger partial charge is 0.331 e. The highest BCUT2D eigenvalue weighted by molar-refractivity contribution is 6.30. The Bertz CT molecular complexity index is 1230. The van der Waals surface area contributed by atoms with Gasteiger partial charge in [0.05, 0.1) is 36.0 Å². The summed E-state index contributed by atoms with van der Waals surface area (Å²) in [6.45, 7) is 1.31. The van der Waals surface area contributed by atoms with Crippen molar-refractivity contribution in [2.45, 2.75) is 19.4 Å². The molecule has 0 saturated heterocycles. The number of aryl methyl sites for hydroxylation is 3. The lowest BCUT2D eigenvalue weighted by atomic mass is 10.2. The molecule has 1 aromatic carbocycles.